The minimum Gasteiger partial charge on any atom is -0.511 e. The Balaban J connectivity index is 2.84. The van der Waals surface area contributed by atoms with E-state index in [1.165, 1.54) is 31.2 Å². The van der Waals surface area contributed by atoms with E-state index in [9.17, 15) is 4.79 Å². The number of phenolic OH excluding ortho intramolecular Hbond substituents is 1. The first-order valence-corrected chi connectivity index (χ1v) is 4.45. The van der Waals surface area contributed by atoms with E-state index in [1.54, 1.807) is 6.07 Å². The van der Waals surface area contributed by atoms with Gasteiger partial charge in [-0.25, -0.2) is 0 Å². The first kappa shape index (κ1) is 11.6. The topological polar surface area (TPSA) is 93.3 Å². The monoisotopic (exact) mass is 218 g/mol. The molecule has 1 amide bonds. The molecule has 0 fully saturated rings. The van der Waals surface area contributed by atoms with E-state index in [0.717, 1.165) is 0 Å². The Hall–Kier alpha value is -2.48. The number of anilines is 1. The molecule has 1 aromatic carbocycles. The second-order valence-electron chi connectivity index (χ2n) is 3.07. The standard InChI is InChI=1S/C11H10N2O3/c1-7(14)10(6-12)11(16)13-8-2-4-9(15)5-3-8/h2-5,14-15H,1H3,(H,13,16). The van der Waals surface area contributed by atoms with Crippen LogP contribution in [0.4, 0.5) is 5.69 Å². The Bertz CT molecular complexity index is 465. The van der Waals surface area contributed by atoms with Gasteiger partial charge in [-0.05, 0) is 31.2 Å². The molecule has 0 aromatic heterocycles. The summed E-state index contributed by atoms with van der Waals surface area (Å²) in [6.45, 7) is 1.26. The predicted octanol–water partition coefficient (Wildman–Crippen LogP) is 1.69. The molecule has 5 nitrogen and oxygen atoms in total. The third-order valence-electron chi connectivity index (χ3n) is 1.83. The molecule has 0 unspecified atom stereocenters. The Morgan fingerprint density at radius 3 is 2.38 bits per heavy atom. The van der Waals surface area contributed by atoms with Crippen LogP contribution < -0.4 is 5.32 Å². The van der Waals surface area contributed by atoms with Crippen molar-refractivity contribution in [1.29, 1.82) is 5.26 Å². The lowest BCUT2D eigenvalue weighted by molar-refractivity contribution is -0.112. The minimum atomic E-state index is -0.687. The van der Waals surface area contributed by atoms with E-state index in [0.29, 0.717) is 5.69 Å². The highest BCUT2D eigenvalue weighted by Gasteiger charge is 2.12. The number of allylic oxidation sites excluding steroid dienone is 1. The number of aromatic hydroxyl groups is 1. The highest BCUT2D eigenvalue weighted by atomic mass is 16.3. The van der Waals surface area contributed by atoms with Crippen molar-refractivity contribution in [2.24, 2.45) is 0 Å². The third-order valence-corrected chi connectivity index (χ3v) is 1.83. The smallest absolute Gasteiger partial charge is 0.269 e. The lowest BCUT2D eigenvalue weighted by Gasteiger charge is -2.04. The number of rotatable bonds is 2. The summed E-state index contributed by atoms with van der Waals surface area (Å²) >= 11 is 0. The first-order chi connectivity index (χ1) is 7.54. The van der Waals surface area contributed by atoms with Gasteiger partial charge < -0.3 is 15.5 Å². The molecule has 1 aromatic rings. The maximum Gasteiger partial charge on any atom is 0.269 e. The molecule has 0 aliphatic rings. The van der Waals surface area contributed by atoms with Crippen LogP contribution in [0.15, 0.2) is 35.6 Å². The SMILES string of the molecule is CC(O)=C(C#N)C(=O)Nc1ccc(O)cc1. The lowest BCUT2D eigenvalue weighted by Crippen LogP contribution is -2.14. The molecule has 5 heteroatoms. The minimum absolute atomic E-state index is 0.0763. The second-order valence-corrected chi connectivity index (χ2v) is 3.07. The number of nitrogens with zero attached hydrogens (tertiary/aromatic N) is 1. The van der Waals surface area contributed by atoms with Gasteiger partial charge in [0, 0.05) is 5.69 Å². The number of nitriles is 1. The van der Waals surface area contributed by atoms with Gasteiger partial charge >= 0.3 is 0 Å². The maximum absolute atomic E-state index is 11.5. The zero-order valence-corrected chi connectivity index (χ0v) is 8.56. The number of hydrogen-bond donors (Lipinski definition) is 3. The van der Waals surface area contributed by atoms with E-state index >= 15 is 0 Å². The highest BCUT2D eigenvalue weighted by Crippen LogP contribution is 2.14. The number of aliphatic hydroxyl groups excluding tert-OH is 1. The number of hydrogen-bond acceptors (Lipinski definition) is 4. The summed E-state index contributed by atoms with van der Waals surface area (Å²) in [6.07, 6.45) is 0. The van der Waals surface area contributed by atoms with Crippen LogP contribution in [0, 0.1) is 11.3 Å². The first-order valence-electron chi connectivity index (χ1n) is 4.45. The van der Waals surface area contributed by atoms with E-state index in [1.807, 2.05) is 0 Å². The van der Waals surface area contributed by atoms with Gasteiger partial charge in [0.2, 0.25) is 0 Å². The van der Waals surface area contributed by atoms with Gasteiger partial charge in [-0.1, -0.05) is 0 Å². The summed E-state index contributed by atoms with van der Waals surface area (Å²) in [5, 5.41) is 29.1. The normalized spacial score (nSPS) is 11.2. The molecule has 0 heterocycles. The molecule has 0 radical (unpaired) electrons. The van der Waals surface area contributed by atoms with Crippen LogP contribution >= 0.6 is 0 Å². The second kappa shape index (κ2) is 4.84. The van der Waals surface area contributed by atoms with Gasteiger partial charge in [0.25, 0.3) is 5.91 Å². The molecular formula is C11H10N2O3. The van der Waals surface area contributed by atoms with Crippen LogP contribution in [-0.2, 0) is 4.79 Å². The molecular weight excluding hydrogens is 208 g/mol. The van der Waals surface area contributed by atoms with E-state index in [2.05, 4.69) is 5.32 Å². The number of benzene rings is 1. The number of aliphatic hydroxyl groups is 1. The van der Waals surface area contributed by atoms with Crippen LogP contribution in [0.3, 0.4) is 0 Å². The molecule has 16 heavy (non-hydrogen) atoms. The van der Waals surface area contributed by atoms with Crippen LogP contribution in [0.5, 0.6) is 5.75 Å². The van der Waals surface area contributed by atoms with Crippen LogP contribution in [-0.4, -0.2) is 16.1 Å². The van der Waals surface area contributed by atoms with Crippen LogP contribution in [0.2, 0.25) is 0 Å². The van der Waals surface area contributed by atoms with Crippen molar-refractivity contribution in [2.75, 3.05) is 5.32 Å². The molecule has 82 valence electrons. The number of nitrogens with one attached hydrogen (secondary N) is 1. The molecule has 0 saturated carbocycles. The van der Waals surface area contributed by atoms with Crippen LogP contribution in [0.25, 0.3) is 0 Å². The number of phenols is 1. The summed E-state index contributed by atoms with van der Waals surface area (Å²) in [7, 11) is 0. The van der Waals surface area contributed by atoms with Crippen molar-refractivity contribution in [2.45, 2.75) is 6.92 Å². The van der Waals surface area contributed by atoms with Crippen molar-refractivity contribution in [3.8, 4) is 11.8 Å². The highest BCUT2D eigenvalue weighted by molar-refractivity contribution is 6.06. The Labute approximate surface area is 92.3 Å². The van der Waals surface area contributed by atoms with E-state index in [4.69, 9.17) is 15.5 Å². The molecule has 0 spiro atoms. The van der Waals surface area contributed by atoms with Crippen molar-refractivity contribution in [3.05, 3.63) is 35.6 Å². The van der Waals surface area contributed by atoms with Gasteiger partial charge in [-0.2, -0.15) is 5.26 Å². The average molecular weight is 218 g/mol. The maximum atomic E-state index is 11.5. The largest absolute Gasteiger partial charge is 0.511 e. The van der Waals surface area contributed by atoms with Crippen molar-refractivity contribution in [3.63, 3.8) is 0 Å². The fourth-order valence-electron chi connectivity index (χ4n) is 1.03. The van der Waals surface area contributed by atoms with Gasteiger partial charge in [0.05, 0.1) is 0 Å². The molecule has 0 atom stereocenters. The Morgan fingerprint density at radius 2 is 1.94 bits per heavy atom. The molecule has 1 rings (SSSR count). The summed E-state index contributed by atoms with van der Waals surface area (Å²) in [5.41, 5.74) is 0.0878. The predicted molar refractivity (Wildman–Crippen MR) is 57.7 cm³/mol. The average Bonchev–Trinajstić information content (AvgIpc) is 2.22. The molecule has 0 bridgehead atoms. The van der Waals surface area contributed by atoms with Crippen molar-refractivity contribution in [1.82, 2.24) is 0 Å². The number of carbonyl (C=O) groups is 1. The van der Waals surface area contributed by atoms with Gasteiger partial charge in [-0.15, -0.1) is 0 Å². The molecule has 0 aliphatic heterocycles. The van der Waals surface area contributed by atoms with Crippen molar-refractivity contribution >= 4 is 11.6 Å². The van der Waals surface area contributed by atoms with Crippen molar-refractivity contribution < 1.29 is 15.0 Å². The fourth-order valence-corrected chi connectivity index (χ4v) is 1.03. The molecule has 0 saturated heterocycles. The zero-order valence-electron chi connectivity index (χ0n) is 8.56. The van der Waals surface area contributed by atoms with Gasteiger partial charge in [0.15, 0.2) is 5.57 Å². The summed E-state index contributed by atoms with van der Waals surface area (Å²) in [6, 6.07) is 7.36. The third kappa shape index (κ3) is 2.75. The lowest BCUT2D eigenvalue weighted by atomic mass is 10.2. The summed E-state index contributed by atoms with van der Waals surface area (Å²) in [5.74, 6) is -0.945. The van der Waals surface area contributed by atoms with E-state index in [-0.39, 0.29) is 17.1 Å². The summed E-state index contributed by atoms with van der Waals surface area (Å²) < 4.78 is 0. The Morgan fingerprint density at radius 1 is 1.38 bits per heavy atom. The number of carbonyl (C=O) groups excluding carboxylic acids is 1. The van der Waals surface area contributed by atoms with Crippen LogP contribution in [0.1, 0.15) is 6.92 Å². The van der Waals surface area contributed by atoms with Gasteiger partial charge in [0.1, 0.15) is 17.6 Å². The number of amides is 1. The van der Waals surface area contributed by atoms with Gasteiger partial charge in [-0.3, -0.25) is 4.79 Å². The zero-order chi connectivity index (χ0) is 12.1. The quantitative estimate of drug-likeness (QED) is 0.305. The fraction of sp³-hybridized carbons (Fsp3) is 0.0909. The Kier molecular flexibility index (Phi) is 3.51. The summed E-state index contributed by atoms with van der Waals surface area (Å²) in [4.78, 5) is 11.5. The molecule has 0 aliphatic carbocycles. The van der Waals surface area contributed by atoms with E-state index < -0.39 is 5.91 Å². The molecule has 3 N–H and O–H groups in total.